The largest absolute Gasteiger partial charge is 0.453 e. The summed E-state index contributed by atoms with van der Waals surface area (Å²) < 4.78 is 4.64. The van der Waals surface area contributed by atoms with Crippen LogP contribution in [-0.4, -0.2) is 31.7 Å². The molecular formula is C13H16N2O2. The smallest absolute Gasteiger partial charge is 0.409 e. The quantitative estimate of drug-likeness (QED) is 0.779. The second kappa shape index (κ2) is 6.56. The van der Waals surface area contributed by atoms with Gasteiger partial charge in [0.1, 0.15) is 0 Å². The Kier molecular flexibility index (Phi) is 5.05. The summed E-state index contributed by atoms with van der Waals surface area (Å²) in [5.41, 5.74) is 7.20. The Balaban J connectivity index is 2.87. The fourth-order valence-corrected chi connectivity index (χ4v) is 1.40. The summed E-state index contributed by atoms with van der Waals surface area (Å²) in [5.74, 6) is 5.79. The lowest BCUT2D eigenvalue weighted by molar-refractivity contribution is 0.131. The summed E-state index contributed by atoms with van der Waals surface area (Å²) in [6, 6.07) is 7.65. The van der Waals surface area contributed by atoms with Gasteiger partial charge in [-0.25, -0.2) is 4.79 Å². The van der Waals surface area contributed by atoms with Crippen molar-refractivity contribution in [2.75, 3.05) is 20.7 Å². The first-order valence-corrected chi connectivity index (χ1v) is 5.25. The minimum atomic E-state index is -0.369. The summed E-state index contributed by atoms with van der Waals surface area (Å²) in [6.45, 7) is 0.781. The minimum Gasteiger partial charge on any atom is -0.453 e. The SMILES string of the molecule is COC(=O)N(C)Cc1ccccc1C#CCN. The maximum absolute atomic E-state index is 11.3. The molecule has 0 aliphatic rings. The van der Waals surface area contributed by atoms with Crippen LogP contribution in [0.2, 0.25) is 0 Å². The van der Waals surface area contributed by atoms with Gasteiger partial charge in [-0.1, -0.05) is 30.0 Å². The van der Waals surface area contributed by atoms with Crippen molar-refractivity contribution in [1.82, 2.24) is 4.90 Å². The molecule has 0 fully saturated rings. The molecule has 17 heavy (non-hydrogen) atoms. The van der Waals surface area contributed by atoms with Crippen molar-refractivity contribution in [2.24, 2.45) is 5.73 Å². The highest BCUT2D eigenvalue weighted by atomic mass is 16.5. The van der Waals surface area contributed by atoms with Gasteiger partial charge in [0.05, 0.1) is 13.7 Å². The van der Waals surface area contributed by atoms with Crippen molar-refractivity contribution in [1.29, 1.82) is 0 Å². The first-order valence-electron chi connectivity index (χ1n) is 5.25. The van der Waals surface area contributed by atoms with Gasteiger partial charge < -0.3 is 15.4 Å². The number of hydrogen-bond acceptors (Lipinski definition) is 3. The molecule has 1 rings (SSSR count). The second-order valence-electron chi connectivity index (χ2n) is 3.49. The molecule has 0 unspecified atom stereocenters. The highest BCUT2D eigenvalue weighted by molar-refractivity contribution is 5.67. The van der Waals surface area contributed by atoms with E-state index in [1.807, 2.05) is 24.3 Å². The molecule has 1 aromatic carbocycles. The first-order chi connectivity index (χ1) is 8.19. The molecule has 4 nitrogen and oxygen atoms in total. The van der Waals surface area contributed by atoms with E-state index < -0.39 is 0 Å². The number of rotatable bonds is 2. The van der Waals surface area contributed by atoms with E-state index in [-0.39, 0.29) is 6.09 Å². The van der Waals surface area contributed by atoms with E-state index in [0.29, 0.717) is 13.1 Å². The molecule has 0 bridgehead atoms. The van der Waals surface area contributed by atoms with Crippen molar-refractivity contribution < 1.29 is 9.53 Å². The highest BCUT2D eigenvalue weighted by Crippen LogP contribution is 2.10. The normalized spacial score (nSPS) is 9.12. The van der Waals surface area contributed by atoms with E-state index in [1.54, 1.807) is 7.05 Å². The lowest BCUT2D eigenvalue weighted by atomic mass is 10.1. The van der Waals surface area contributed by atoms with E-state index in [1.165, 1.54) is 12.0 Å². The van der Waals surface area contributed by atoms with Crippen LogP contribution in [0.15, 0.2) is 24.3 Å². The Morgan fingerprint density at radius 3 is 2.82 bits per heavy atom. The van der Waals surface area contributed by atoms with Crippen molar-refractivity contribution in [3.63, 3.8) is 0 Å². The van der Waals surface area contributed by atoms with Crippen LogP contribution in [0.5, 0.6) is 0 Å². The van der Waals surface area contributed by atoms with Gasteiger partial charge in [-0.3, -0.25) is 0 Å². The number of methoxy groups -OCH3 is 1. The molecule has 0 aliphatic heterocycles. The zero-order valence-corrected chi connectivity index (χ0v) is 10.1. The average molecular weight is 232 g/mol. The molecule has 0 saturated heterocycles. The summed E-state index contributed by atoms with van der Waals surface area (Å²) in [4.78, 5) is 12.8. The Morgan fingerprint density at radius 2 is 2.18 bits per heavy atom. The Morgan fingerprint density at radius 1 is 1.47 bits per heavy atom. The van der Waals surface area contributed by atoms with Crippen LogP contribution in [-0.2, 0) is 11.3 Å². The third-order valence-corrected chi connectivity index (χ3v) is 2.24. The molecule has 90 valence electrons. The number of nitrogens with two attached hydrogens (primary N) is 1. The number of carbonyl (C=O) groups excluding carboxylic acids is 1. The van der Waals surface area contributed by atoms with Crippen LogP contribution in [0.25, 0.3) is 0 Å². The van der Waals surface area contributed by atoms with Gasteiger partial charge in [0.2, 0.25) is 0 Å². The van der Waals surface area contributed by atoms with Gasteiger partial charge in [-0.2, -0.15) is 0 Å². The topological polar surface area (TPSA) is 55.6 Å². The number of hydrogen-bond donors (Lipinski definition) is 1. The zero-order valence-electron chi connectivity index (χ0n) is 10.1. The molecule has 0 heterocycles. The third kappa shape index (κ3) is 3.82. The summed E-state index contributed by atoms with van der Waals surface area (Å²) in [5, 5.41) is 0. The molecule has 2 N–H and O–H groups in total. The Bertz CT molecular complexity index is 446. The van der Waals surface area contributed by atoms with Crippen LogP contribution in [0.4, 0.5) is 4.79 Å². The standard InChI is InChI=1S/C13H16N2O2/c1-15(13(16)17-2)10-12-7-4-3-6-11(12)8-5-9-14/h3-4,6-7H,9-10,14H2,1-2H3. The van der Waals surface area contributed by atoms with Gasteiger partial charge in [-0.05, 0) is 11.6 Å². The van der Waals surface area contributed by atoms with Crippen molar-refractivity contribution >= 4 is 6.09 Å². The van der Waals surface area contributed by atoms with Crippen molar-refractivity contribution in [3.05, 3.63) is 35.4 Å². The van der Waals surface area contributed by atoms with Crippen LogP contribution < -0.4 is 5.73 Å². The predicted octanol–water partition coefficient (Wildman–Crippen LogP) is 1.20. The van der Waals surface area contributed by atoms with Gasteiger partial charge in [0.15, 0.2) is 0 Å². The molecule has 0 aromatic heterocycles. The minimum absolute atomic E-state index is 0.321. The second-order valence-corrected chi connectivity index (χ2v) is 3.49. The van der Waals surface area contributed by atoms with Crippen LogP contribution in [0.1, 0.15) is 11.1 Å². The fraction of sp³-hybridized carbons (Fsp3) is 0.308. The Hall–Kier alpha value is -1.99. The molecule has 0 radical (unpaired) electrons. The fourth-order valence-electron chi connectivity index (χ4n) is 1.40. The van der Waals surface area contributed by atoms with E-state index >= 15 is 0 Å². The molecule has 1 amide bonds. The number of carbonyl (C=O) groups is 1. The lowest BCUT2D eigenvalue weighted by Crippen LogP contribution is -2.26. The Labute approximate surface area is 101 Å². The summed E-state index contributed by atoms with van der Waals surface area (Å²) >= 11 is 0. The third-order valence-electron chi connectivity index (χ3n) is 2.24. The maximum atomic E-state index is 11.3. The number of amides is 1. The molecule has 1 aromatic rings. The van der Waals surface area contributed by atoms with Gasteiger partial charge in [0.25, 0.3) is 0 Å². The van der Waals surface area contributed by atoms with Gasteiger partial charge >= 0.3 is 6.09 Å². The summed E-state index contributed by atoms with van der Waals surface area (Å²) in [7, 11) is 3.04. The van der Waals surface area contributed by atoms with E-state index in [9.17, 15) is 4.79 Å². The number of benzene rings is 1. The van der Waals surface area contributed by atoms with Gasteiger partial charge in [0, 0.05) is 19.2 Å². The molecule has 0 saturated carbocycles. The van der Waals surface area contributed by atoms with Gasteiger partial charge in [-0.15, -0.1) is 0 Å². The lowest BCUT2D eigenvalue weighted by Gasteiger charge is -2.16. The molecular weight excluding hydrogens is 216 g/mol. The van der Waals surface area contributed by atoms with Crippen LogP contribution in [0.3, 0.4) is 0 Å². The van der Waals surface area contributed by atoms with Crippen LogP contribution in [0, 0.1) is 11.8 Å². The maximum Gasteiger partial charge on any atom is 0.409 e. The highest BCUT2D eigenvalue weighted by Gasteiger charge is 2.10. The molecule has 0 atom stereocenters. The van der Waals surface area contributed by atoms with E-state index in [4.69, 9.17) is 5.73 Å². The van der Waals surface area contributed by atoms with Crippen molar-refractivity contribution in [2.45, 2.75) is 6.54 Å². The molecule has 4 heteroatoms. The first kappa shape index (κ1) is 13.1. The zero-order chi connectivity index (χ0) is 12.7. The predicted molar refractivity (Wildman–Crippen MR) is 66.2 cm³/mol. The molecule has 0 aliphatic carbocycles. The average Bonchev–Trinajstić information content (AvgIpc) is 2.36. The van der Waals surface area contributed by atoms with E-state index in [0.717, 1.165) is 11.1 Å². The molecule has 0 spiro atoms. The van der Waals surface area contributed by atoms with Crippen molar-refractivity contribution in [3.8, 4) is 11.8 Å². The number of nitrogens with zero attached hydrogens (tertiary/aromatic N) is 1. The van der Waals surface area contributed by atoms with Crippen LogP contribution >= 0.6 is 0 Å². The number of ether oxygens (including phenoxy) is 1. The monoisotopic (exact) mass is 232 g/mol. The summed E-state index contributed by atoms with van der Waals surface area (Å²) in [6.07, 6.45) is -0.369. The van der Waals surface area contributed by atoms with E-state index in [2.05, 4.69) is 16.6 Å².